The topological polar surface area (TPSA) is 0 Å². The molecule has 0 nitrogen and oxygen atoms in total. The summed E-state index contributed by atoms with van der Waals surface area (Å²) in [5, 5.41) is 0. The predicted molar refractivity (Wildman–Crippen MR) is 39.1 cm³/mol. The zero-order valence-corrected chi connectivity index (χ0v) is 6.49. The van der Waals surface area contributed by atoms with Crippen LogP contribution >= 0.6 is 7.26 Å². The van der Waals surface area contributed by atoms with Crippen LogP contribution in [-0.2, 0) is 0 Å². The van der Waals surface area contributed by atoms with E-state index in [-0.39, 0.29) is 0 Å². The van der Waals surface area contributed by atoms with Crippen molar-refractivity contribution in [3.05, 3.63) is 0 Å². The van der Waals surface area contributed by atoms with E-state index in [1.165, 1.54) is 6.42 Å². The van der Waals surface area contributed by atoms with Gasteiger partial charge in [-0.3, -0.25) is 0 Å². The van der Waals surface area contributed by atoms with Crippen LogP contribution in [0, 0.1) is 0 Å². The summed E-state index contributed by atoms with van der Waals surface area (Å²) in [4.78, 5) is 0. The van der Waals surface area contributed by atoms with Gasteiger partial charge in [0.25, 0.3) is 0 Å². The monoisotopic (exact) mass is 118 g/mol. The van der Waals surface area contributed by atoms with Gasteiger partial charge in [-0.15, -0.1) is 0 Å². The van der Waals surface area contributed by atoms with Crippen molar-refractivity contribution < 1.29 is 0 Å². The first-order valence-electron chi connectivity index (χ1n) is 3.13. The molecule has 0 radical (unpaired) electrons. The molecule has 1 aliphatic heterocycles. The van der Waals surface area contributed by atoms with Gasteiger partial charge >= 0.3 is 45.8 Å². The molecule has 1 heterocycles. The molecule has 1 aliphatic rings. The van der Waals surface area contributed by atoms with Gasteiger partial charge in [-0.2, -0.15) is 0 Å². The Labute approximate surface area is 46.6 Å². The van der Waals surface area contributed by atoms with E-state index in [0.29, 0.717) is 0 Å². The van der Waals surface area contributed by atoms with E-state index in [9.17, 15) is 0 Å². The van der Waals surface area contributed by atoms with Crippen LogP contribution in [0.5, 0.6) is 0 Å². The van der Waals surface area contributed by atoms with Crippen LogP contribution in [0.1, 0.15) is 13.3 Å². The molecule has 0 aromatic heterocycles. The first-order chi connectivity index (χ1) is 3.13. The van der Waals surface area contributed by atoms with Crippen molar-refractivity contribution in [3.8, 4) is 0 Å². The van der Waals surface area contributed by atoms with Gasteiger partial charge < -0.3 is 0 Å². The SMILES string of the molecule is CC1CC[PH]1(C)C. The molecule has 1 heteroatoms. The fourth-order valence-corrected chi connectivity index (χ4v) is 3.03. The first kappa shape index (κ1) is 5.56. The van der Waals surface area contributed by atoms with Crippen LogP contribution in [0.2, 0.25) is 0 Å². The van der Waals surface area contributed by atoms with Crippen molar-refractivity contribution in [2.45, 2.75) is 19.0 Å². The minimum atomic E-state index is -0.554. The van der Waals surface area contributed by atoms with E-state index in [1.54, 1.807) is 6.16 Å². The van der Waals surface area contributed by atoms with E-state index in [2.05, 4.69) is 20.3 Å². The molecule has 1 unspecified atom stereocenters. The second-order valence-electron chi connectivity index (χ2n) is 3.43. The molecular formula is C6H15P. The normalized spacial score (nSPS) is 41.9. The zero-order chi connectivity index (χ0) is 5.49. The first-order valence-corrected chi connectivity index (χ1v) is 6.41. The Balaban J connectivity index is 2.43. The molecule has 0 saturated carbocycles. The van der Waals surface area contributed by atoms with Crippen molar-refractivity contribution in [3.63, 3.8) is 0 Å². The summed E-state index contributed by atoms with van der Waals surface area (Å²) in [6, 6.07) is 0. The van der Waals surface area contributed by atoms with Crippen LogP contribution in [0.15, 0.2) is 0 Å². The van der Waals surface area contributed by atoms with Gasteiger partial charge in [-0.25, -0.2) is 0 Å². The molecule has 0 aliphatic carbocycles. The standard InChI is InChI=1S/C6H15P/c1-6-4-5-7(6,2)3/h6-7H,4-5H2,1-3H3. The van der Waals surface area contributed by atoms with Gasteiger partial charge in [0.1, 0.15) is 0 Å². The fourth-order valence-electron chi connectivity index (χ4n) is 1.01. The predicted octanol–water partition coefficient (Wildman–Crippen LogP) is 1.79. The second-order valence-corrected chi connectivity index (χ2v) is 8.89. The Kier molecular flexibility index (Phi) is 1.15. The summed E-state index contributed by atoms with van der Waals surface area (Å²) in [5.74, 6) is 0. The Morgan fingerprint density at radius 1 is 1.43 bits per heavy atom. The Morgan fingerprint density at radius 3 is 1.86 bits per heavy atom. The third-order valence-electron chi connectivity index (χ3n) is 2.56. The van der Waals surface area contributed by atoms with Crippen molar-refractivity contribution >= 4 is 7.26 Å². The molecule has 0 aromatic rings. The van der Waals surface area contributed by atoms with Gasteiger partial charge in [0.2, 0.25) is 0 Å². The molecule has 0 bridgehead atoms. The second kappa shape index (κ2) is 1.45. The van der Waals surface area contributed by atoms with Crippen molar-refractivity contribution in [1.82, 2.24) is 0 Å². The Bertz CT molecular complexity index is 76.2. The number of hydrogen-bond donors (Lipinski definition) is 0. The van der Waals surface area contributed by atoms with Gasteiger partial charge in [0, 0.05) is 0 Å². The zero-order valence-electron chi connectivity index (χ0n) is 5.49. The Hall–Kier alpha value is 0.430. The number of rotatable bonds is 0. The molecular weight excluding hydrogens is 103 g/mol. The van der Waals surface area contributed by atoms with Crippen LogP contribution in [-0.4, -0.2) is 25.2 Å². The van der Waals surface area contributed by atoms with E-state index >= 15 is 0 Å². The van der Waals surface area contributed by atoms with Gasteiger partial charge in [-0.05, 0) is 0 Å². The van der Waals surface area contributed by atoms with Crippen LogP contribution in [0.4, 0.5) is 0 Å². The average molecular weight is 118 g/mol. The summed E-state index contributed by atoms with van der Waals surface area (Å²) < 4.78 is 0. The summed E-state index contributed by atoms with van der Waals surface area (Å²) in [5.41, 5.74) is 1.12. The van der Waals surface area contributed by atoms with Gasteiger partial charge in [-0.1, -0.05) is 0 Å². The summed E-state index contributed by atoms with van der Waals surface area (Å²) >= 11 is 0. The molecule has 0 spiro atoms. The molecule has 0 amide bonds. The number of hydrogen-bond acceptors (Lipinski definition) is 0. The van der Waals surface area contributed by atoms with Gasteiger partial charge in [0.05, 0.1) is 0 Å². The fraction of sp³-hybridized carbons (Fsp3) is 1.00. The molecule has 1 atom stereocenters. The van der Waals surface area contributed by atoms with E-state index in [1.807, 2.05) is 0 Å². The molecule has 1 fully saturated rings. The maximum atomic E-state index is 2.49. The van der Waals surface area contributed by atoms with Crippen LogP contribution in [0.25, 0.3) is 0 Å². The summed E-state index contributed by atoms with van der Waals surface area (Å²) in [7, 11) is -0.554. The quantitative estimate of drug-likeness (QED) is 0.425. The van der Waals surface area contributed by atoms with E-state index < -0.39 is 7.26 Å². The van der Waals surface area contributed by atoms with E-state index in [4.69, 9.17) is 0 Å². The van der Waals surface area contributed by atoms with Crippen molar-refractivity contribution in [1.29, 1.82) is 0 Å². The molecule has 1 saturated heterocycles. The van der Waals surface area contributed by atoms with Crippen LogP contribution < -0.4 is 0 Å². The molecule has 1 rings (SSSR count). The summed E-state index contributed by atoms with van der Waals surface area (Å²) in [6.45, 7) is 7.37. The average Bonchev–Trinajstić information content (AvgIpc) is 1.63. The molecule has 0 N–H and O–H groups in total. The maximum absolute atomic E-state index is 2.49. The minimum absolute atomic E-state index is 0.554. The third kappa shape index (κ3) is 0.817. The molecule has 44 valence electrons. The third-order valence-corrected chi connectivity index (χ3v) is 7.09. The van der Waals surface area contributed by atoms with Crippen LogP contribution in [0.3, 0.4) is 0 Å². The van der Waals surface area contributed by atoms with E-state index in [0.717, 1.165) is 5.66 Å². The van der Waals surface area contributed by atoms with Crippen molar-refractivity contribution in [2.75, 3.05) is 19.5 Å². The molecule has 7 heavy (non-hydrogen) atoms. The van der Waals surface area contributed by atoms with Gasteiger partial charge in [0.15, 0.2) is 0 Å². The molecule has 0 aromatic carbocycles. The summed E-state index contributed by atoms with van der Waals surface area (Å²) in [6.07, 6.45) is 3.09. The van der Waals surface area contributed by atoms with Crippen molar-refractivity contribution in [2.24, 2.45) is 0 Å². The Morgan fingerprint density at radius 2 is 1.86 bits per heavy atom.